The van der Waals surface area contributed by atoms with Gasteiger partial charge in [-0.25, -0.2) is 8.42 Å². The molecule has 0 amide bonds. The van der Waals surface area contributed by atoms with Crippen molar-refractivity contribution in [2.24, 2.45) is 0 Å². The van der Waals surface area contributed by atoms with Crippen LogP contribution in [0.5, 0.6) is 11.5 Å². The van der Waals surface area contributed by atoms with Crippen LogP contribution in [0.1, 0.15) is 26.7 Å². The van der Waals surface area contributed by atoms with Gasteiger partial charge in [-0.3, -0.25) is 0 Å². The molecule has 1 heterocycles. The van der Waals surface area contributed by atoms with E-state index in [1.807, 2.05) is 13.8 Å². The zero-order valence-electron chi connectivity index (χ0n) is 13.8. The smallest absolute Gasteiger partial charge is 0.243 e. The van der Waals surface area contributed by atoms with Crippen LogP contribution in [-0.2, 0) is 14.8 Å². The second-order valence-corrected chi connectivity index (χ2v) is 7.26. The summed E-state index contributed by atoms with van der Waals surface area (Å²) in [6, 6.07) is 4.81. The average Bonchev–Trinajstić information content (AvgIpc) is 2.59. The zero-order valence-corrected chi connectivity index (χ0v) is 14.6. The molecule has 0 unspecified atom stereocenters. The molecule has 1 aliphatic heterocycles. The van der Waals surface area contributed by atoms with Gasteiger partial charge in [0.25, 0.3) is 0 Å². The van der Waals surface area contributed by atoms with E-state index in [0.29, 0.717) is 51.0 Å². The van der Waals surface area contributed by atoms with E-state index in [1.165, 1.54) is 4.31 Å². The summed E-state index contributed by atoms with van der Waals surface area (Å²) < 4.78 is 43.4. The Bertz CT molecular complexity index is 596. The predicted octanol–water partition coefficient (Wildman–Crippen LogP) is 2.29. The van der Waals surface area contributed by atoms with Crippen molar-refractivity contribution >= 4 is 10.0 Å². The fourth-order valence-electron chi connectivity index (χ4n) is 2.24. The van der Waals surface area contributed by atoms with E-state index in [1.54, 1.807) is 18.2 Å². The normalized spacial score (nSPS) is 16.3. The highest BCUT2D eigenvalue weighted by Gasteiger charge is 2.27. The Balaban J connectivity index is 2.27. The molecule has 23 heavy (non-hydrogen) atoms. The van der Waals surface area contributed by atoms with Crippen molar-refractivity contribution in [3.63, 3.8) is 0 Å². The Morgan fingerprint density at radius 2 is 1.65 bits per heavy atom. The summed E-state index contributed by atoms with van der Waals surface area (Å²) in [5.74, 6) is 1.07. The largest absolute Gasteiger partial charge is 0.490 e. The molecule has 1 saturated heterocycles. The molecule has 0 radical (unpaired) electrons. The molecular formula is C16H25NO5S. The molecule has 130 valence electrons. The fourth-order valence-corrected chi connectivity index (χ4v) is 3.66. The molecule has 1 aromatic rings. The minimum absolute atomic E-state index is 0.231. The van der Waals surface area contributed by atoms with Gasteiger partial charge in [-0.2, -0.15) is 4.31 Å². The van der Waals surface area contributed by atoms with Crippen LogP contribution in [0.3, 0.4) is 0 Å². The van der Waals surface area contributed by atoms with Crippen LogP contribution < -0.4 is 9.47 Å². The summed E-state index contributed by atoms with van der Waals surface area (Å²) in [6.45, 7) is 6.71. The minimum atomic E-state index is -3.53. The van der Waals surface area contributed by atoms with Gasteiger partial charge in [0.05, 0.1) is 31.3 Å². The molecule has 1 aliphatic rings. The molecule has 0 atom stereocenters. The Morgan fingerprint density at radius 1 is 1.04 bits per heavy atom. The Morgan fingerprint density at radius 3 is 2.26 bits per heavy atom. The maximum absolute atomic E-state index is 12.7. The maximum Gasteiger partial charge on any atom is 0.243 e. The van der Waals surface area contributed by atoms with Gasteiger partial charge < -0.3 is 14.2 Å². The van der Waals surface area contributed by atoms with Gasteiger partial charge in [0.1, 0.15) is 0 Å². The van der Waals surface area contributed by atoms with Gasteiger partial charge in [0.15, 0.2) is 11.5 Å². The van der Waals surface area contributed by atoms with E-state index in [0.717, 1.165) is 12.8 Å². The molecule has 7 heteroatoms. The van der Waals surface area contributed by atoms with Gasteiger partial charge in [-0.1, -0.05) is 13.8 Å². The van der Waals surface area contributed by atoms with E-state index in [9.17, 15) is 8.42 Å². The molecule has 1 aromatic carbocycles. The lowest BCUT2D eigenvalue weighted by molar-refractivity contribution is 0.0730. The molecule has 0 aromatic heterocycles. The van der Waals surface area contributed by atoms with Crippen LogP contribution in [0.15, 0.2) is 23.1 Å². The fraction of sp³-hybridized carbons (Fsp3) is 0.625. The summed E-state index contributed by atoms with van der Waals surface area (Å²) in [7, 11) is -3.53. The van der Waals surface area contributed by atoms with Gasteiger partial charge >= 0.3 is 0 Å². The number of benzene rings is 1. The summed E-state index contributed by atoms with van der Waals surface area (Å²) in [4.78, 5) is 0.231. The van der Waals surface area contributed by atoms with E-state index in [2.05, 4.69) is 0 Å². The molecule has 0 spiro atoms. The number of rotatable bonds is 8. The minimum Gasteiger partial charge on any atom is -0.490 e. The van der Waals surface area contributed by atoms with Gasteiger partial charge in [0, 0.05) is 19.2 Å². The number of nitrogens with zero attached hydrogens (tertiary/aromatic N) is 1. The van der Waals surface area contributed by atoms with Gasteiger partial charge in [-0.05, 0) is 25.0 Å². The van der Waals surface area contributed by atoms with Crippen LogP contribution in [0.2, 0.25) is 0 Å². The summed E-state index contributed by atoms with van der Waals surface area (Å²) in [5.41, 5.74) is 0. The average molecular weight is 343 g/mol. The lowest BCUT2D eigenvalue weighted by atomic mass is 10.3. The van der Waals surface area contributed by atoms with Crippen LogP contribution >= 0.6 is 0 Å². The molecule has 0 saturated carbocycles. The lowest BCUT2D eigenvalue weighted by Crippen LogP contribution is -2.40. The molecular weight excluding hydrogens is 318 g/mol. The number of sulfonamides is 1. The standard InChI is InChI=1S/C16H25NO5S/c1-3-9-21-15-6-5-14(13-16(15)22-10-4-2)23(18,19)17-7-11-20-12-8-17/h5-6,13H,3-4,7-12H2,1-2H3. The highest BCUT2D eigenvalue weighted by molar-refractivity contribution is 7.89. The van der Waals surface area contributed by atoms with Crippen molar-refractivity contribution in [2.45, 2.75) is 31.6 Å². The molecule has 0 bridgehead atoms. The van der Waals surface area contributed by atoms with Gasteiger partial charge in [-0.15, -0.1) is 0 Å². The second kappa shape index (κ2) is 8.52. The lowest BCUT2D eigenvalue weighted by Gasteiger charge is -2.26. The van der Waals surface area contributed by atoms with E-state index in [4.69, 9.17) is 14.2 Å². The second-order valence-electron chi connectivity index (χ2n) is 5.32. The van der Waals surface area contributed by atoms with Crippen molar-refractivity contribution in [1.82, 2.24) is 4.31 Å². The molecule has 2 rings (SSSR count). The first-order chi connectivity index (χ1) is 11.1. The third-order valence-electron chi connectivity index (χ3n) is 3.45. The third kappa shape index (κ3) is 4.59. The summed E-state index contributed by atoms with van der Waals surface area (Å²) >= 11 is 0. The third-order valence-corrected chi connectivity index (χ3v) is 5.34. The van der Waals surface area contributed by atoms with Crippen LogP contribution in [-0.4, -0.2) is 52.2 Å². The summed E-state index contributed by atoms with van der Waals surface area (Å²) in [6.07, 6.45) is 1.72. The number of hydrogen-bond acceptors (Lipinski definition) is 5. The van der Waals surface area contributed by atoms with Gasteiger partial charge in [0.2, 0.25) is 10.0 Å². The van der Waals surface area contributed by atoms with Crippen molar-refractivity contribution in [3.8, 4) is 11.5 Å². The van der Waals surface area contributed by atoms with Crippen molar-refractivity contribution < 1.29 is 22.6 Å². The van der Waals surface area contributed by atoms with Crippen molar-refractivity contribution in [3.05, 3.63) is 18.2 Å². The first kappa shape index (κ1) is 18.0. The van der Waals surface area contributed by atoms with E-state index >= 15 is 0 Å². The first-order valence-corrected chi connectivity index (χ1v) is 9.51. The topological polar surface area (TPSA) is 65.1 Å². The van der Waals surface area contributed by atoms with Crippen molar-refractivity contribution in [2.75, 3.05) is 39.5 Å². The molecule has 6 nitrogen and oxygen atoms in total. The monoisotopic (exact) mass is 343 g/mol. The number of ether oxygens (including phenoxy) is 3. The molecule has 0 N–H and O–H groups in total. The van der Waals surface area contributed by atoms with E-state index in [-0.39, 0.29) is 4.90 Å². The Labute approximate surface area is 138 Å². The highest BCUT2D eigenvalue weighted by atomic mass is 32.2. The SMILES string of the molecule is CCCOc1ccc(S(=O)(=O)N2CCOCC2)cc1OCCC. The zero-order chi connectivity index (χ0) is 16.7. The quantitative estimate of drug-likeness (QED) is 0.724. The first-order valence-electron chi connectivity index (χ1n) is 8.07. The van der Waals surface area contributed by atoms with E-state index < -0.39 is 10.0 Å². The van der Waals surface area contributed by atoms with Crippen LogP contribution in [0.4, 0.5) is 0 Å². The summed E-state index contributed by atoms with van der Waals surface area (Å²) in [5, 5.41) is 0. The molecule has 0 aliphatic carbocycles. The Kier molecular flexibility index (Phi) is 6.68. The maximum atomic E-state index is 12.7. The van der Waals surface area contributed by atoms with Crippen molar-refractivity contribution in [1.29, 1.82) is 0 Å². The number of hydrogen-bond donors (Lipinski definition) is 0. The highest BCUT2D eigenvalue weighted by Crippen LogP contribution is 2.31. The van der Waals surface area contributed by atoms with Crippen LogP contribution in [0, 0.1) is 0 Å². The predicted molar refractivity (Wildman–Crippen MR) is 87.6 cm³/mol. The molecule has 1 fully saturated rings. The van der Waals surface area contributed by atoms with Crippen LogP contribution in [0.25, 0.3) is 0 Å². The Hall–Kier alpha value is -1.31. The number of morpholine rings is 1.